The summed E-state index contributed by atoms with van der Waals surface area (Å²) in [6.45, 7) is 7.51. The lowest BCUT2D eigenvalue weighted by Gasteiger charge is -2.57. The van der Waals surface area contributed by atoms with Gasteiger partial charge in [-0.25, -0.2) is 4.39 Å². The van der Waals surface area contributed by atoms with Crippen LogP contribution in [0.15, 0.2) is 52.6 Å². The van der Waals surface area contributed by atoms with Crippen molar-refractivity contribution in [3.8, 4) is 11.3 Å². The van der Waals surface area contributed by atoms with Gasteiger partial charge in [0.05, 0.1) is 21.7 Å². The molecule has 1 aliphatic heterocycles. The van der Waals surface area contributed by atoms with E-state index >= 15 is 4.39 Å². The Hall–Kier alpha value is -3.91. The lowest BCUT2D eigenvalue weighted by atomic mass is 9.49. The molecule has 0 spiro atoms. The zero-order valence-electron chi connectivity index (χ0n) is 28.1. The SMILES string of the molecule is Cc1onc(-c2c(F)cccc2Cl)c1C(=O)N(CCN1CCN(C(=O)c2cc(C(F)(F)F)cc(C(F)(F)F)c2)CC1)CC1=CCC2CC1C2(C)C. The minimum Gasteiger partial charge on any atom is -0.360 e. The van der Waals surface area contributed by atoms with Crippen LogP contribution in [0, 0.1) is 30.0 Å². The molecule has 3 aliphatic carbocycles. The molecule has 1 aromatic heterocycles. The average molecular weight is 741 g/mol. The molecular formula is C36H36ClF7N4O3. The Labute approximate surface area is 295 Å². The highest BCUT2D eigenvalue weighted by Crippen LogP contribution is 2.59. The van der Waals surface area contributed by atoms with Gasteiger partial charge in [-0.05, 0) is 67.3 Å². The maximum atomic E-state index is 15.0. The van der Waals surface area contributed by atoms with Crippen molar-refractivity contribution in [1.29, 1.82) is 0 Å². The number of allylic oxidation sites excluding steroid dienone is 1. The summed E-state index contributed by atoms with van der Waals surface area (Å²) in [4.78, 5) is 32.4. The number of rotatable bonds is 8. The number of aromatic nitrogens is 1. The van der Waals surface area contributed by atoms with Gasteiger partial charge in [0.25, 0.3) is 11.8 Å². The number of halogens is 8. The quantitative estimate of drug-likeness (QED) is 0.172. The Morgan fingerprint density at radius 3 is 2.24 bits per heavy atom. The van der Waals surface area contributed by atoms with Gasteiger partial charge < -0.3 is 14.3 Å². The van der Waals surface area contributed by atoms with E-state index < -0.39 is 46.7 Å². The number of alkyl halides is 6. The summed E-state index contributed by atoms with van der Waals surface area (Å²) >= 11 is 6.34. The van der Waals surface area contributed by atoms with Gasteiger partial charge in [-0.15, -0.1) is 0 Å². The number of amides is 2. The highest BCUT2D eigenvalue weighted by molar-refractivity contribution is 6.33. The van der Waals surface area contributed by atoms with Crippen LogP contribution in [0.5, 0.6) is 0 Å². The second-order valence-electron chi connectivity index (χ2n) is 14.0. The number of carbonyl (C=O) groups is 2. The third kappa shape index (κ3) is 7.26. The van der Waals surface area contributed by atoms with Crippen molar-refractivity contribution in [2.45, 2.75) is 46.0 Å². The van der Waals surface area contributed by atoms with E-state index in [9.17, 15) is 35.9 Å². The van der Waals surface area contributed by atoms with E-state index in [1.807, 2.05) is 4.90 Å². The topological polar surface area (TPSA) is 69.9 Å². The van der Waals surface area contributed by atoms with E-state index in [4.69, 9.17) is 16.1 Å². The number of piperazine rings is 1. The van der Waals surface area contributed by atoms with Crippen LogP contribution in [-0.2, 0) is 12.4 Å². The minimum atomic E-state index is -5.07. The second kappa shape index (κ2) is 13.6. The van der Waals surface area contributed by atoms with Crippen molar-refractivity contribution >= 4 is 23.4 Å². The lowest BCUT2D eigenvalue weighted by Crippen LogP contribution is -2.52. The Balaban J connectivity index is 1.19. The summed E-state index contributed by atoms with van der Waals surface area (Å²) in [5.41, 5.74) is -2.57. The molecule has 0 radical (unpaired) electrons. The van der Waals surface area contributed by atoms with Crippen molar-refractivity contribution in [2.75, 3.05) is 45.8 Å². The highest BCUT2D eigenvalue weighted by atomic mass is 35.5. The van der Waals surface area contributed by atoms with Crippen molar-refractivity contribution in [2.24, 2.45) is 17.3 Å². The van der Waals surface area contributed by atoms with Crippen LogP contribution in [0.1, 0.15) is 64.3 Å². The van der Waals surface area contributed by atoms with Crippen LogP contribution >= 0.6 is 11.6 Å². The summed E-state index contributed by atoms with van der Waals surface area (Å²) in [5.74, 6) is -0.977. The number of fused-ring (bicyclic) bond motifs is 1. The van der Waals surface area contributed by atoms with Crippen molar-refractivity contribution in [3.63, 3.8) is 0 Å². The maximum absolute atomic E-state index is 15.0. The maximum Gasteiger partial charge on any atom is 0.416 e. The van der Waals surface area contributed by atoms with Crippen molar-refractivity contribution in [1.82, 2.24) is 19.9 Å². The number of hydrogen-bond donors (Lipinski definition) is 0. The minimum absolute atomic E-state index is 0.00952. The molecule has 2 bridgehead atoms. The van der Waals surface area contributed by atoms with E-state index in [1.165, 1.54) is 23.1 Å². The fourth-order valence-corrected chi connectivity index (χ4v) is 7.76. The van der Waals surface area contributed by atoms with Crippen LogP contribution in [0.3, 0.4) is 0 Å². The van der Waals surface area contributed by atoms with Crippen LogP contribution in [0.4, 0.5) is 30.7 Å². The second-order valence-corrected chi connectivity index (χ2v) is 14.4. The van der Waals surface area contributed by atoms with E-state index in [1.54, 1.807) is 11.8 Å². The van der Waals surface area contributed by atoms with Gasteiger partial charge in [-0.1, -0.05) is 48.3 Å². The third-order valence-electron chi connectivity index (χ3n) is 10.7. The van der Waals surface area contributed by atoms with E-state index in [0.717, 1.165) is 18.4 Å². The molecule has 7 nitrogen and oxygen atoms in total. The number of aryl methyl sites for hydroxylation is 1. The number of carbonyl (C=O) groups excluding carboxylic acids is 2. The average Bonchev–Trinajstić information content (AvgIpc) is 3.45. The van der Waals surface area contributed by atoms with Crippen LogP contribution in [0.25, 0.3) is 11.3 Å². The smallest absolute Gasteiger partial charge is 0.360 e. The predicted octanol–water partition coefficient (Wildman–Crippen LogP) is 8.37. The van der Waals surface area contributed by atoms with Crippen LogP contribution in [-0.4, -0.2) is 77.5 Å². The Morgan fingerprint density at radius 1 is 1.02 bits per heavy atom. The summed E-state index contributed by atoms with van der Waals surface area (Å²) in [5, 5.41) is 4.07. The van der Waals surface area contributed by atoms with Crippen molar-refractivity contribution in [3.05, 3.63) is 86.9 Å². The van der Waals surface area contributed by atoms with Gasteiger partial charge in [0.2, 0.25) is 0 Å². The molecule has 2 atom stereocenters. The monoisotopic (exact) mass is 740 g/mol. The molecule has 51 heavy (non-hydrogen) atoms. The van der Waals surface area contributed by atoms with Crippen LogP contribution in [0.2, 0.25) is 5.02 Å². The first-order valence-corrected chi connectivity index (χ1v) is 16.9. The molecule has 1 saturated heterocycles. The van der Waals surface area contributed by atoms with E-state index in [0.29, 0.717) is 37.1 Å². The molecule has 2 unspecified atom stereocenters. The van der Waals surface area contributed by atoms with Gasteiger partial charge in [0.1, 0.15) is 22.8 Å². The highest BCUT2D eigenvalue weighted by Gasteiger charge is 2.51. The van der Waals surface area contributed by atoms with Crippen LogP contribution < -0.4 is 0 Å². The summed E-state index contributed by atoms with van der Waals surface area (Å²) in [6, 6.07) is 5.02. The van der Waals surface area contributed by atoms with Gasteiger partial charge in [0.15, 0.2) is 0 Å². The summed E-state index contributed by atoms with van der Waals surface area (Å²) in [6.07, 6.45) is -6.04. The molecule has 7 rings (SSSR count). The first-order valence-electron chi connectivity index (χ1n) is 16.6. The first-order chi connectivity index (χ1) is 23.9. The summed E-state index contributed by atoms with van der Waals surface area (Å²) < 4.78 is 101. The molecule has 15 heteroatoms. The molecule has 0 N–H and O–H groups in total. The van der Waals surface area contributed by atoms with Gasteiger partial charge in [0, 0.05) is 51.4 Å². The molecule has 3 aromatic rings. The number of nitrogens with zero attached hydrogens (tertiary/aromatic N) is 4. The molecule has 2 amide bonds. The Bertz CT molecular complexity index is 1810. The summed E-state index contributed by atoms with van der Waals surface area (Å²) in [7, 11) is 0. The number of benzene rings is 2. The third-order valence-corrected chi connectivity index (χ3v) is 11.0. The fraction of sp³-hybridized carbons (Fsp3) is 0.472. The first kappa shape index (κ1) is 36.9. The lowest BCUT2D eigenvalue weighted by molar-refractivity contribution is -0.143. The van der Waals surface area contributed by atoms with E-state index in [2.05, 4.69) is 25.1 Å². The zero-order valence-corrected chi connectivity index (χ0v) is 28.9. The predicted molar refractivity (Wildman–Crippen MR) is 174 cm³/mol. The van der Waals surface area contributed by atoms with Gasteiger partial charge in [-0.2, -0.15) is 26.3 Å². The zero-order chi connectivity index (χ0) is 37.0. The molecular weight excluding hydrogens is 705 g/mol. The van der Waals surface area contributed by atoms with E-state index in [-0.39, 0.29) is 71.8 Å². The molecule has 2 aromatic carbocycles. The Morgan fingerprint density at radius 2 is 1.67 bits per heavy atom. The molecule has 4 aliphatic rings. The Kier molecular flexibility index (Phi) is 9.81. The fourth-order valence-electron chi connectivity index (χ4n) is 7.50. The standard InChI is InChI=1S/C36H36ClF7N4O3/c1-20-29(31(45-51-20)30-27(37)5-4-6-28(30)38)33(50)48(19-21-7-8-23-18-26(21)34(23,2)3)14-11-46-9-12-47(13-10-46)32(49)22-15-24(35(39,40)41)17-25(16-22)36(42,43)44/h4-7,15-17,23,26H,8-14,18-19H2,1-3H3. The molecule has 274 valence electrons. The normalized spacial score (nSPS) is 20.5. The number of hydrogen-bond acceptors (Lipinski definition) is 5. The molecule has 2 heterocycles. The van der Waals surface area contributed by atoms with Crippen molar-refractivity contribution < 1.29 is 44.8 Å². The van der Waals surface area contributed by atoms with Gasteiger partial charge in [-0.3, -0.25) is 14.5 Å². The molecule has 2 fully saturated rings. The van der Waals surface area contributed by atoms with Gasteiger partial charge >= 0.3 is 12.4 Å². The largest absolute Gasteiger partial charge is 0.416 e. The molecule has 1 saturated carbocycles.